The molecule has 1 aromatic carbocycles. The molecule has 2 aliphatic rings. The molecule has 1 spiro atoms. The number of halogens is 7. The Balaban J connectivity index is 1.59. The van der Waals surface area contributed by atoms with Crippen LogP contribution in [0.3, 0.4) is 0 Å². The quantitative estimate of drug-likeness (QED) is 0.299. The van der Waals surface area contributed by atoms with E-state index in [2.05, 4.69) is 15.0 Å². The molecule has 2 fully saturated rings. The number of benzene rings is 1. The molecule has 0 atom stereocenters. The molecule has 37 heavy (non-hydrogen) atoms. The predicted octanol–water partition coefficient (Wildman–Crippen LogP) is 6.48. The van der Waals surface area contributed by atoms with E-state index in [9.17, 15) is 31.1 Å². The Morgan fingerprint density at radius 2 is 1.73 bits per heavy atom. The molecular formula is C24H29ClF6N4O2. The molecule has 1 amide bonds. The number of ether oxygens (including phenoxy) is 1. The van der Waals surface area contributed by atoms with Crippen molar-refractivity contribution < 1.29 is 35.9 Å². The summed E-state index contributed by atoms with van der Waals surface area (Å²) in [5.41, 5.74) is 1.71. The fourth-order valence-corrected chi connectivity index (χ4v) is 4.82. The second-order valence-corrected chi connectivity index (χ2v) is 9.86. The number of carbonyl (C=O) groups is 1. The number of allylic oxidation sites excluding steroid dienone is 1. The van der Waals surface area contributed by atoms with Crippen LogP contribution >= 0.6 is 11.6 Å². The third kappa shape index (κ3) is 7.76. The van der Waals surface area contributed by atoms with Crippen LogP contribution in [0.5, 0.6) is 0 Å². The van der Waals surface area contributed by atoms with Gasteiger partial charge < -0.3 is 20.4 Å². The van der Waals surface area contributed by atoms with E-state index < -0.39 is 24.5 Å². The van der Waals surface area contributed by atoms with Crippen LogP contribution in [0.2, 0.25) is 5.02 Å². The number of para-hydroxylation sites is 1. The van der Waals surface area contributed by atoms with Crippen LogP contribution in [0.1, 0.15) is 32.6 Å². The van der Waals surface area contributed by atoms with Crippen molar-refractivity contribution in [1.29, 1.82) is 5.41 Å². The Labute approximate surface area is 216 Å². The largest absolute Gasteiger partial charge is 0.434 e. The number of amides is 1. The van der Waals surface area contributed by atoms with E-state index >= 15 is 0 Å². The van der Waals surface area contributed by atoms with E-state index in [0.29, 0.717) is 48.8 Å². The lowest BCUT2D eigenvalue weighted by molar-refractivity contribution is -0.308. The van der Waals surface area contributed by atoms with Crippen LogP contribution in [0.15, 0.2) is 36.0 Å². The molecule has 0 aliphatic carbocycles. The fourth-order valence-electron chi connectivity index (χ4n) is 4.64. The summed E-state index contributed by atoms with van der Waals surface area (Å²) in [7, 11) is 0. The third-order valence-corrected chi connectivity index (χ3v) is 7.03. The van der Waals surface area contributed by atoms with Gasteiger partial charge in [0.2, 0.25) is 0 Å². The number of hydrogen-bond acceptors (Lipinski definition) is 5. The highest BCUT2D eigenvalue weighted by atomic mass is 35.5. The molecule has 2 N–H and O–H groups in total. The van der Waals surface area contributed by atoms with Crippen LogP contribution in [0.4, 0.5) is 36.8 Å². The maximum atomic E-state index is 12.7. The summed E-state index contributed by atoms with van der Waals surface area (Å²) in [5.74, 6) is 0. The highest BCUT2D eigenvalue weighted by Crippen LogP contribution is 2.41. The average molecular weight is 555 g/mol. The highest BCUT2D eigenvalue weighted by molar-refractivity contribution is 6.33. The number of nitrogens with zero attached hydrogens (tertiary/aromatic N) is 2. The van der Waals surface area contributed by atoms with Crippen molar-refractivity contribution >= 4 is 29.1 Å². The van der Waals surface area contributed by atoms with Gasteiger partial charge in [0.1, 0.15) is 0 Å². The molecule has 1 aromatic rings. The molecule has 0 bridgehead atoms. The van der Waals surface area contributed by atoms with Gasteiger partial charge in [0, 0.05) is 37.6 Å². The van der Waals surface area contributed by atoms with Gasteiger partial charge in [-0.3, -0.25) is 4.90 Å². The number of carbonyl (C=O) groups excluding carboxylic acids is 1. The minimum Gasteiger partial charge on any atom is -0.426 e. The SMILES string of the molecule is CCC(=N)/C=C(/CN1CCC2(CCN(C(=O)OC(C(F)(F)F)C(F)(F)F)CC2)C1)Nc1ccccc1Cl. The molecule has 6 nitrogen and oxygen atoms in total. The second-order valence-electron chi connectivity index (χ2n) is 9.45. The first kappa shape index (κ1) is 29.1. The maximum Gasteiger partial charge on any atom is 0.434 e. The van der Waals surface area contributed by atoms with Gasteiger partial charge in [0.15, 0.2) is 0 Å². The number of anilines is 1. The summed E-state index contributed by atoms with van der Waals surface area (Å²) in [6.07, 6.45) is -13.3. The monoisotopic (exact) mass is 554 g/mol. The van der Waals surface area contributed by atoms with Gasteiger partial charge in [-0.1, -0.05) is 30.7 Å². The summed E-state index contributed by atoms with van der Waals surface area (Å²) in [5, 5.41) is 11.9. The molecule has 0 aromatic heterocycles. The van der Waals surface area contributed by atoms with Gasteiger partial charge in [-0.15, -0.1) is 0 Å². The van der Waals surface area contributed by atoms with Crippen molar-refractivity contribution in [2.75, 3.05) is 38.0 Å². The lowest BCUT2D eigenvalue weighted by Crippen LogP contribution is -2.50. The fraction of sp³-hybridized carbons (Fsp3) is 0.583. The van der Waals surface area contributed by atoms with Gasteiger partial charge in [0.25, 0.3) is 6.10 Å². The first-order valence-corrected chi connectivity index (χ1v) is 12.2. The topological polar surface area (TPSA) is 68.7 Å². The second kappa shape index (κ2) is 11.5. The number of nitrogens with one attached hydrogen (secondary N) is 2. The summed E-state index contributed by atoms with van der Waals surface area (Å²) >= 11 is 6.27. The molecule has 2 heterocycles. The zero-order chi connectivity index (χ0) is 27.4. The first-order valence-electron chi connectivity index (χ1n) is 11.8. The third-order valence-electron chi connectivity index (χ3n) is 6.71. The molecule has 0 radical (unpaired) electrons. The summed E-state index contributed by atoms with van der Waals surface area (Å²) in [4.78, 5) is 15.2. The standard InChI is InChI=1S/C24H29ClF6N4O2/c1-2-16(32)13-17(33-19-6-4-3-5-18(19)25)14-34-10-7-22(15-34)8-11-35(12-9-22)21(36)37-20(23(26,27)28)24(29,30)31/h3-6,13,20,32-33H,2,7-12,14-15H2,1H3/b17-13-,32-16?. The number of piperidine rings is 1. The van der Waals surface area contributed by atoms with Crippen molar-refractivity contribution in [3.63, 3.8) is 0 Å². The van der Waals surface area contributed by atoms with E-state index in [1.807, 2.05) is 25.1 Å². The van der Waals surface area contributed by atoms with E-state index in [1.165, 1.54) is 0 Å². The molecule has 13 heteroatoms. The first-order chi connectivity index (χ1) is 17.2. The van der Waals surface area contributed by atoms with Crippen LogP contribution in [0.25, 0.3) is 0 Å². The maximum absolute atomic E-state index is 12.7. The van der Waals surface area contributed by atoms with Gasteiger partial charge in [-0.2, -0.15) is 26.3 Å². The summed E-state index contributed by atoms with van der Waals surface area (Å²) in [6.45, 7) is 3.76. The number of rotatable bonds is 7. The minimum absolute atomic E-state index is 0.0101. The summed E-state index contributed by atoms with van der Waals surface area (Å²) < 4.78 is 80.3. The van der Waals surface area contributed by atoms with E-state index in [4.69, 9.17) is 17.0 Å². The predicted molar refractivity (Wildman–Crippen MR) is 128 cm³/mol. The number of likely N-dealkylation sites (tertiary alicyclic amines) is 2. The van der Waals surface area contributed by atoms with Crippen LogP contribution in [0, 0.1) is 10.8 Å². The van der Waals surface area contributed by atoms with Gasteiger partial charge in [-0.05, 0) is 55.9 Å². The zero-order valence-electron chi connectivity index (χ0n) is 20.2. The zero-order valence-corrected chi connectivity index (χ0v) is 20.9. The minimum atomic E-state index is -5.74. The molecule has 2 saturated heterocycles. The molecule has 3 rings (SSSR count). The molecule has 2 aliphatic heterocycles. The Bertz CT molecular complexity index is 992. The van der Waals surface area contributed by atoms with E-state index in [0.717, 1.165) is 23.6 Å². The lowest BCUT2D eigenvalue weighted by Gasteiger charge is -2.39. The molecular weight excluding hydrogens is 526 g/mol. The average Bonchev–Trinajstić information content (AvgIpc) is 3.19. The number of alkyl halides is 6. The van der Waals surface area contributed by atoms with Gasteiger partial charge in [0.05, 0.1) is 10.7 Å². The lowest BCUT2D eigenvalue weighted by atomic mass is 9.78. The van der Waals surface area contributed by atoms with Crippen LogP contribution in [-0.4, -0.2) is 72.8 Å². The van der Waals surface area contributed by atoms with Crippen molar-refractivity contribution in [3.8, 4) is 0 Å². The Morgan fingerprint density at radius 3 is 2.30 bits per heavy atom. The molecule has 206 valence electrons. The van der Waals surface area contributed by atoms with E-state index in [1.54, 1.807) is 12.1 Å². The Kier molecular flexibility index (Phi) is 9.05. The highest BCUT2D eigenvalue weighted by Gasteiger charge is 2.60. The normalized spacial score (nSPS) is 18.9. The van der Waals surface area contributed by atoms with Gasteiger partial charge in [-0.25, -0.2) is 4.79 Å². The molecule has 0 unspecified atom stereocenters. The van der Waals surface area contributed by atoms with Crippen molar-refractivity contribution in [1.82, 2.24) is 9.80 Å². The number of hydrogen-bond donors (Lipinski definition) is 2. The van der Waals surface area contributed by atoms with Crippen LogP contribution < -0.4 is 5.32 Å². The smallest absolute Gasteiger partial charge is 0.426 e. The van der Waals surface area contributed by atoms with Crippen LogP contribution in [-0.2, 0) is 4.74 Å². The summed E-state index contributed by atoms with van der Waals surface area (Å²) in [6, 6.07) is 7.23. The Morgan fingerprint density at radius 1 is 1.14 bits per heavy atom. The molecule has 0 saturated carbocycles. The Hall–Kier alpha value is -2.47. The van der Waals surface area contributed by atoms with Crippen molar-refractivity contribution in [2.45, 2.75) is 51.1 Å². The van der Waals surface area contributed by atoms with Crippen molar-refractivity contribution in [2.24, 2.45) is 5.41 Å². The van der Waals surface area contributed by atoms with Gasteiger partial charge >= 0.3 is 18.4 Å². The van der Waals surface area contributed by atoms with Crippen molar-refractivity contribution in [3.05, 3.63) is 41.1 Å². The van der Waals surface area contributed by atoms with E-state index in [-0.39, 0.29) is 18.5 Å².